The molecule has 1 aliphatic rings. The Bertz CT molecular complexity index is 446. The van der Waals surface area contributed by atoms with Gasteiger partial charge in [0.05, 0.1) is 24.1 Å². The van der Waals surface area contributed by atoms with Crippen LogP contribution in [0.4, 0.5) is 5.69 Å². The average Bonchev–Trinajstić information content (AvgIpc) is 2.48. The number of nitrogens with zero attached hydrogens (tertiary/aromatic N) is 3. The lowest BCUT2D eigenvalue weighted by Crippen LogP contribution is -2.48. The van der Waals surface area contributed by atoms with Gasteiger partial charge >= 0.3 is 0 Å². The Balaban J connectivity index is 1.99. The van der Waals surface area contributed by atoms with E-state index in [-0.39, 0.29) is 11.9 Å². The van der Waals surface area contributed by atoms with Crippen molar-refractivity contribution < 1.29 is 4.79 Å². The molecule has 20 heavy (non-hydrogen) atoms. The summed E-state index contributed by atoms with van der Waals surface area (Å²) in [6, 6.07) is 4.37. The lowest BCUT2D eigenvalue weighted by atomic mass is 10.2. The number of pyridine rings is 1. The number of carbonyl (C=O) groups is 1. The first-order chi connectivity index (χ1) is 9.61. The van der Waals surface area contributed by atoms with Crippen molar-refractivity contribution in [3.8, 4) is 0 Å². The minimum Gasteiger partial charge on any atom is -0.359 e. The quantitative estimate of drug-likeness (QED) is 0.883. The monoisotopic (exact) mass is 276 g/mol. The molecule has 1 aliphatic heterocycles. The van der Waals surface area contributed by atoms with Crippen LogP contribution in [0, 0.1) is 0 Å². The molecule has 0 spiro atoms. The first-order valence-corrected chi connectivity index (χ1v) is 7.30. The van der Waals surface area contributed by atoms with Gasteiger partial charge in [0, 0.05) is 26.2 Å². The van der Waals surface area contributed by atoms with Crippen LogP contribution in [0.25, 0.3) is 0 Å². The van der Waals surface area contributed by atoms with Crippen molar-refractivity contribution in [1.29, 1.82) is 0 Å². The highest BCUT2D eigenvalue weighted by Crippen LogP contribution is 2.18. The van der Waals surface area contributed by atoms with Gasteiger partial charge in [0.15, 0.2) is 0 Å². The van der Waals surface area contributed by atoms with Crippen LogP contribution < -0.4 is 10.2 Å². The van der Waals surface area contributed by atoms with Crippen molar-refractivity contribution in [1.82, 2.24) is 15.2 Å². The third kappa shape index (κ3) is 3.48. The number of carbonyl (C=O) groups excluding carboxylic acids is 1. The molecule has 1 atom stereocenters. The van der Waals surface area contributed by atoms with Crippen LogP contribution in [-0.4, -0.2) is 49.0 Å². The zero-order chi connectivity index (χ0) is 14.5. The predicted molar refractivity (Wildman–Crippen MR) is 80.8 cm³/mol. The Morgan fingerprint density at radius 1 is 1.40 bits per heavy atom. The smallest absolute Gasteiger partial charge is 0.241 e. The Hall–Kier alpha value is -1.62. The normalized spacial score (nSPS) is 17.4. The number of hydrogen-bond donors (Lipinski definition) is 1. The topological polar surface area (TPSA) is 48.5 Å². The molecule has 0 radical (unpaired) electrons. The van der Waals surface area contributed by atoms with Crippen LogP contribution in [0.2, 0.25) is 0 Å². The van der Waals surface area contributed by atoms with Crippen LogP contribution in [0.3, 0.4) is 0 Å². The van der Waals surface area contributed by atoms with Gasteiger partial charge < -0.3 is 15.1 Å². The van der Waals surface area contributed by atoms with E-state index in [1.807, 2.05) is 19.3 Å². The molecule has 5 heteroatoms. The molecule has 1 unspecified atom stereocenters. The molecule has 2 heterocycles. The highest BCUT2D eigenvalue weighted by Gasteiger charge is 2.21. The number of hydrogen-bond acceptors (Lipinski definition) is 4. The number of piperazine rings is 1. The molecule has 1 N–H and O–H groups in total. The molecule has 5 nitrogen and oxygen atoms in total. The summed E-state index contributed by atoms with van der Waals surface area (Å²) < 4.78 is 0. The van der Waals surface area contributed by atoms with Gasteiger partial charge in [-0.15, -0.1) is 0 Å². The predicted octanol–water partition coefficient (Wildman–Crippen LogP) is 1.42. The Kier molecular flexibility index (Phi) is 4.95. The first-order valence-electron chi connectivity index (χ1n) is 7.30. The van der Waals surface area contributed by atoms with E-state index in [4.69, 9.17) is 0 Å². The lowest BCUT2D eigenvalue weighted by molar-refractivity contribution is -0.129. The number of rotatable bonds is 5. The van der Waals surface area contributed by atoms with Crippen LogP contribution in [0.15, 0.2) is 18.3 Å². The van der Waals surface area contributed by atoms with Gasteiger partial charge in [0.25, 0.3) is 0 Å². The lowest BCUT2D eigenvalue weighted by Gasteiger charge is -2.33. The number of amides is 1. The maximum absolute atomic E-state index is 11.7. The van der Waals surface area contributed by atoms with Gasteiger partial charge in [0.2, 0.25) is 5.91 Å². The minimum absolute atomic E-state index is 0.165. The molecule has 0 aromatic carbocycles. The molecule has 1 aromatic heterocycles. The van der Waals surface area contributed by atoms with Gasteiger partial charge in [0.1, 0.15) is 0 Å². The fourth-order valence-electron chi connectivity index (χ4n) is 2.28. The summed E-state index contributed by atoms with van der Waals surface area (Å²) in [6.07, 6.45) is 2.99. The first kappa shape index (κ1) is 14.8. The van der Waals surface area contributed by atoms with Crippen molar-refractivity contribution in [2.24, 2.45) is 0 Å². The van der Waals surface area contributed by atoms with Crippen LogP contribution >= 0.6 is 0 Å². The SMILES string of the molecule is CCCNC(C)c1ccc(N2CCN(C)C(=O)C2)cn1. The van der Waals surface area contributed by atoms with E-state index in [0.29, 0.717) is 6.54 Å². The Morgan fingerprint density at radius 2 is 2.20 bits per heavy atom. The molecule has 0 saturated carbocycles. The standard InChI is InChI=1S/C15H24N4O/c1-4-7-16-12(2)14-6-5-13(10-17-14)19-9-8-18(3)15(20)11-19/h5-6,10,12,16H,4,7-9,11H2,1-3H3. The average molecular weight is 276 g/mol. The van der Waals surface area contributed by atoms with E-state index in [1.54, 1.807) is 4.90 Å². The maximum atomic E-state index is 11.7. The Labute approximate surface area is 121 Å². The second kappa shape index (κ2) is 6.70. The maximum Gasteiger partial charge on any atom is 0.241 e. The second-order valence-corrected chi connectivity index (χ2v) is 5.35. The highest BCUT2D eigenvalue weighted by molar-refractivity contribution is 5.82. The van der Waals surface area contributed by atoms with E-state index in [2.05, 4.69) is 35.1 Å². The summed E-state index contributed by atoms with van der Waals surface area (Å²) >= 11 is 0. The summed E-state index contributed by atoms with van der Waals surface area (Å²) in [4.78, 5) is 20.1. The molecule has 1 amide bonds. The van der Waals surface area contributed by atoms with Gasteiger partial charge in [-0.25, -0.2) is 0 Å². The van der Waals surface area contributed by atoms with E-state index in [1.165, 1.54) is 0 Å². The van der Waals surface area contributed by atoms with Gasteiger partial charge in [-0.1, -0.05) is 6.92 Å². The van der Waals surface area contributed by atoms with Gasteiger partial charge in [-0.2, -0.15) is 0 Å². The fourth-order valence-corrected chi connectivity index (χ4v) is 2.28. The largest absolute Gasteiger partial charge is 0.359 e. The molecular weight excluding hydrogens is 252 g/mol. The number of likely N-dealkylation sites (N-methyl/N-ethyl adjacent to an activating group) is 1. The van der Waals surface area contributed by atoms with E-state index in [9.17, 15) is 4.79 Å². The van der Waals surface area contributed by atoms with Crippen LogP contribution in [-0.2, 0) is 4.79 Å². The molecule has 0 bridgehead atoms. The molecule has 110 valence electrons. The van der Waals surface area contributed by atoms with Gasteiger partial charge in [-0.3, -0.25) is 9.78 Å². The summed E-state index contributed by atoms with van der Waals surface area (Å²) in [5, 5.41) is 3.42. The molecular formula is C15H24N4O. The highest BCUT2D eigenvalue weighted by atomic mass is 16.2. The third-order valence-corrected chi connectivity index (χ3v) is 3.74. The Morgan fingerprint density at radius 3 is 2.80 bits per heavy atom. The molecule has 1 saturated heterocycles. The summed E-state index contributed by atoms with van der Waals surface area (Å²) in [7, 11) is 1.85. The molecule has 2 rings (SSSR count). The molecule has 0 aliphatic carbocycles. The minimum atomic E-state index is 0.165. The number of nitrogens with one attached hydrogen (secondary N) is 1. The third-order valence-electron chi connectivity index (χ3n) is 3.74. The van der Waals surface area contributed by atoms with E-state index >= 15 is 0 Å². The van der Waals surface area contributed by atoms with Crippen LogP contribution in [0.5, 0.6) is 0 Å². The molecule has 1 aromatic rings. The van der Waals surface area contributed by atoms with Crippen molar-refractivity contribution in [2.45, 2.75) is 26.3 Å². The molecule has 1 fully saturated rings. The van der Waals surface area contributed by atoms with E-state index in [0.717, 1.165) is 37.4 Å². The van der Waals surface area contributed by atoms with Gasteiger partial charge in [-0.05, 0) is 32.0 Å². The van der Waals surface area contributed by atoms with Crippen molar-refractivity contribution in [2.75, 3.05) is 38.1 Å². The van der Waals surface area contributed by atoms with E-state index < -0.39 is 0 Å². The van der Waals surface area contributed by atoms with Crippen molar-refractivity contribution >= 4 is 11.6 Å². The second-order valence-electron chi connectivity index (χ2n) is 5.35. The number of anilines is 1. The van der Waals surface area contributed by atoms with Crippen molar-refractivity contribution in [3.63, 3.8) is 0 Å². The zero-order valence-electron chi connectivity index (χ0n) is 12.6. The summed E-state index contributed by atoms with van der Waals surface area (Å²) in [5.74, 6) is 0.165. The fraction of sp³-hybridized carbons (Fsp3) is 0.600. The van der Waals surface area contributed by atoms with Crippen molar-refractivity contribution in [3.05, 3.63) is 24.0 Å². The summed E-state index contributed by atoms with van der Waals surface area (Å²) in [5.41, 5.74) is 2.07. The zero-order valence-corrected chi connectivity index (χ0v) is 12.6. The van der Waals surface area contributed by atoms with Crippen LogP contribution in [0.1, 0.15) is 32.0 Å². The summed E-state index contributed by atoms with van der Waals surface area (Å²) in [6.45, 7) is 7.36. The number of aromatic nitrogens is 1.